The number of nitrogens with one attached hydrogen (secondary N) is 1. The van der Waals surface area contributed by atoms with Gasteiger partial charge in [0.1, 0.15) is 0 Å². The van der Waals surface area contributed by atoms with Gasteiger partial charge in [0.2, 0.25) is 5.91 Å². The molecule has 0 saturated heterocycles. The Hall–Kier alpha value is -2.95. The Kier molecular flexibility index (Phi) is 6.81. The fraction of sp³-hybridized carbons (Fsp3) is 0.375. The number of methoxy groups -OCH3 is 2. The highest BCUT2D eigenvalue weighted by Crippen LogP contribution is 2.38. The minimum Gasteiger partial charge on any atom is -0.493 e. The van der Waals surface area contributed by atoms with E-state index in [-0.39, 0.29) is 11.8 Å². The van der Waals surface area contributed by atoms with Crippen molar-refractivity contribution in [1.29, 1.82) is 0 Å². The molecule has 1 atom stereocenters. The van der Waals surface area contributed by atoms with Gasteiger partial charge in [-0.05, 0) is 35.7 Å². The van der Waals surface area contributed by atoms with Crippen LogP contribution < -0.4 is 14.8 Å². The van der Waals surface area contributed by atoms with Crippen LogP contribution in [0.1, 0.15) is 43.2 Å². The Bertz CT molecular complexity index is 977. The Morgan fingerprint density at radius 2 is 1.86 bits per heavy atom. The largest absolute Gasteiger partial charge is 0.493 e. The number of benzene rings is 2. The summed E-state index contributed by atoms with van der Waals surface area (Å²) in [6.07, 6.45) is 4.56. The third kappa shape index (κ3) is 4.56. The zero-order chi connectivity index (χ0) is 20.8. The summed E-state index contributed by atoms with van der Waals surface area (Å²) in [6.45, 7) is 2.83. The van der Waals surface area contributed by atoms with Crippen LogP contribution in [-0.2, 0) is 11.8 Å². The van der Waals surface area contributed by atoms with Gasteiger partial charge in [0, 0.05) is 43.0 Å². The van der Waals surface area contributed by atoms with Gasteiger partial charge in [-0.15, -0.1) is 0 Å². The zero-order valence-corrected chi connectivity index (χ0v) is 17.7. The molecule has 3 rings (SSSR count). The number of rotatable bonds is 9. The maximum Gasteiger partial charge on any atom is 0.220 e. The van der Waals surface area contributed by atoms with Crippen molar-refractivity contribution in [2.45, 2.75) is 32.1 Å². The summed E-state index contributed by atoms with van der Waals surface area (Å²) in [7, 11) is 5.30. The van der Waals surface area contributed by atoms with Crippen molar-refractivity contribution in [3.63, 3.8) is 0 Å². The SMILES string of the molecule is CCCCNC(=O)C[C@@H](c1ccc(OC)c(OC)c1)c1cn(C)c2ccccc12. The molecule has 1 heterocycles. The average Bonchev–Trinajstić information content (AvgIpc) is 3.08. The number of hydrogen-bond acceptors (Lipinski definition) is 3. The van der Waals surface area contributed by atoms with Crippen molar-refractivity contribution in [1.82, 2.24) is 9.88 Å². The predicted octanol–water partition coefficient (Wildman–Crippen LogP) is 4.63. The lowest BCUT2D eigenvalue weighted by Crippen LogP contribution is -2.26. The van der Waals surface area contributed by atoms with E-state index in [2.05, 4.69) is 35.1 Å². The quantitative estimate of drug-likeness (QED) is 0.538. The first-order chi connectivity index (χ1) is 14.1. The van der Waals surface area contributed by atoms with E-state index in [0.29, 0.717) is 24.5 Å². The molecular weight excluding hydrogens is 364 g/mol. The highest BCUT2D eigenvalue weighted by Gasteiger charge is 2.23. The smallest absolute Gasteiger partial charge is 0.220 e. The molecule has 29 heavy (non-hydrogen) atoms. The average molecular weight is 395 g/mol. The lowest BCUT2D eigenvalue weighted by Gasteiger charge is -2.19. The number of ether oxygens (including phenoxy) is 2. The van der Waals surface area contributed by atoms with E-state index in [1.54, 1.807) is 14.2 Å². The minimum absolute atomic E-state index is 0.0613. The molecule has 1 N–H and O–H groups in total. The molecule has 0 unspecified atom stereocenters. The maximum atomic E-state index is 12.7. The van der Waals surface area contributed by atoms with E-state index in [1.807, 2.05) is 37.4 Å². The number of carbonyl (C=O) groups is 1. The molecule has 154 valence electrons. The number of aromatic nitrogens is 1. The van der Waals surface area contributed by atoms with Gasteiger partial charge in [0.25, 0.3) is 0 Å². The Morgan fingerprint density at radius 3 is 2.59 bits per heavy atom. The number of para-hydroxylation sites is 1. The molecule has 0 aliphatic heterocycles. The standard InChI is InChI=1S/C24H30N2O3/c1-5-6-13-25-24(27)15-19(17-11-12-22(28-3)23(14-17)29-4)20-16-26(2)21-10-8-7-9-18(20)21/h7-12,14,16,19H,5-6,13,15H2,1-4H3,(H,25,27)/t19-/m0/s1. The molecule has 0 saturated carbocycles. The van der Waals surface area contributed by atoms with E-state index in [0.717, 1.165) is 34.9 Å². The third-order valence-corrected chi connectivity index (χ3v) is 5.36. The molecule has 1 aromatic heterocycles. The van der Waals surface area contributed by atoms with Crippen LogP contribution in [0.5, 0.6) is 11.5 Å². The lowest BCUT2D eigenvalue weighted by molar-refractivity contribution is -0.121. The Morgan fingerprint density at radius 1 is 1.10 bits per heavy atom. The molecular formula is C24H30N2O3. The van der Waals surface area contributed by atoms with Gasteiger partial charge in [0.15, 0.2) is 11.5 Å². The molecule has 0 spiro atoms. The second-order valence-electron chi connectivity index (χ2n) is 7.29. The monoisotopic (exact) mass is 394 g/mol. The molecule has 0 radical (unpaired) electrons. The van der Waals surface area contributed by atoms with Crippen LogP contribution in [0, 0.1) is 0 Å². The van der Waals surface area contributed by atoms with Gasteiger partial charge in [-0.1, -0.05) is 37.6 Å². The summed E-state index contributed by atoms with van der Waals surface area (Å²) in [5, 5.41) is 4.22. The summed E-state index contributed by atoms with van der Waals surface area (Å²) >= 11 is 0. The first kappa shape index (κ1) is 20.8. The van der Waals surface area contributed by atoms with Gasteiger partial charge in [-0.3, -0.25) is 4.79 Å². The molecule has 0 aliphatic carbocycles. The summed E-state index contributed by atoms with van der Waals surface area (Å²) in [6, 6.07) is 14.2. The van der Waals surface area contributed by atoms with Crippen LogP contribution in [-0.4, -0.2) is 31.2 Å². The van der Waals surface area contributed by atoms with Crippen LogP contribution in [0.15, 0.2) is 48.7 Å². The van der Waals surface area contributed by atoms with E-state index >= 15 is 0 Å². The highest BCUT2D eigenvalue weighted by molar-refractivity contribution is 5.86. The van der Waals surface area contributed by atoms with Crippen LogP contribution in [0.3, 0.4) is 0 Å². The molecule has 5 heteroatoms. The van der Waals surface area contributed by atoms with E-state index in [9.17, 15) is 4.79 Å². The second-order valence-corrected chi connectivity index (χ2v) is 7.29. The summed E-state index contributed by atoms with van der Waals surface area (Å²) < 4.78 is 13.0. The van der Waals surface area contributed by atoms with Crippen LogP contribution in [0.4, 0.5) is 0 Å². The van der Waals surface area contributed by atoms with Crippen LogP contribution in [0.2, 0.25) is 0 Å². The van der Waals surface area contributed by atoms with Crippen molar-refractivity contribution in [3.8, 4) is 11.5 Å². The van der Waals surface area contributed by atoms with Crippen molar-refractivity contribution in [2.75, 3.05) is 20.8 Å². The lowest BCUT2D eigenvalue weighted by atomic mass is 9.87. The normalized spacial score (nSPS) is 12.0. The number of unbranched alkanes of at least 4 members (excludes halogenated alkanes) is 1. The maximum absolute atomic E-state index is 12.7. The molecule has 0 bridgehead atoms. The second kappa shape index (κ2) is 9.50. The molecule has 5 nitrogen and oxygen atoms in total. The fourth-order valence-corrected chi connectivity index (χ4v) is 3.79. The van der Waals surface area contributed by atoms with Gasteiger partial charge in [-0.25, -0.2) is 0 Å². The topological polar surface area (TPSA) is 52.5 Å². The van der Waals surface area contributed by atoms with Crippen molar-refractivity contribution < 1.29 is 14.3 Å². The first-order valence-corrected chi connectivity index (χ1v) is 10.1. The van der Waals surface area contributed by atoms with Gasteiger partial charge in [-0.2, -0.15) is 0 Å². The number of fused-ring (bicyclic) bond motifs is 1. The molecule has 3 aromatic rings. The predicted molar refractivity (Wildman–Crippen MR) is 117 cm³/mol. The molecule has 0 aliphatic rings. The Labute approximate surface area is 172 Å². The zero-order valence-electron chi connectivity index (χ0n) is 17.7. The van der Waals surface area contributed by atoms with E-state index in [1.165, 1.54) is 0 Å². The van der Waals surface area contributed by atoms with E-state index < -0.39 is 0 Å². The molecule has 1 amide bonds. The third-order valence-electron chi connectivity index (χ3n) is 5.36. The summed E-state index contributed by atoms with van der Waals surface area (Å²) in [5.74, 6) is 1.33. The molecule has 0 fully saturated rings. The number of aryl methyl sites for hydroxylation is 1. The number of amides is 1. The Balaban J connectivity index is 2.03. The summed E-state index contributed by atoms with van der Waals surface area (Å²) in [4.78, 5) is 12.7. The first-order valence-electron chi connectivity index (χ1n) is 10.1. The number of nitrogens with zero attached hydrogens (tertiary/aromatic N) is 1. The number of hydrogen-bond donors (Lipinski definition) is 1. The molecule has 2 aromatic carbocycles. The fourth-order valence-electron chi connectivity index (χ4n) is 3.79. The summed E-state index contributed by atoms with van der Waals surface area (Å²) in [5.41, 5.74) is 3.32. The van der Waals surface area contributed by atoms with Gasteiger partial charge < -0.3 is 19.4 Å². The van der Waals surface area contributed by atoms with Crippen molar-refractivity contribution in [2.24, 2.45) is 7.05 Å². The van der Waals surface area contributed by atoms with E-state index in [4.69, 9.17) is 9.47 Å². The minimum atomic E-state index is -0.0810. The van der Waals surface area contributed by atoms with Crippen molar-refractivity contribution >= 4 is 16.8 Å². The number of carbonyl (C=O) groups excluding carboxylic acids is 1. The van der Waals surface area contributed by atoms with Gasteiger partial charge >= 0.3 is 0 Å². The van der Waals surface area contributed by atoms with Crippen LogP contribution in [0.25, 0.3) is 10.9 Å². The van der Waals surface area contributed by atoms with Gasteiger partial charge in [0.05, 0.1) is 14.2 Å². The van der Waals surface area contributed by atoms with Crippen LogP contribution >= 0.6 is 0 Å². The van der Waals surface area contributed by atoms with Crippen molar-refractivity contribution in [3.05, 3.63) is 59.8 Å². The highest BCUT2D eigenvalue weighted by atomic mass is 16.5.